The maximum Gasteiger partial charge on any atom is 0.412 e. The molecule has 3 heterocycles. The minimum Gasteiger partial charge on any atom is -0.459 e. The van der Waals surface area contributed by atoms with Gasteiger partial charge in [-0.3, -0.25) is 4.90 Å². The lowest BCUT2D eigenvalue weighted by Gasteiger charge is -2.59. The number of nitrogens with zero attached hydrogens (tertiary/aromatic N) is 2. The Hall–Kier alpha value is -5.09. The van der Waals surface area contributed by atoms with E-state index in [4.69, 9.17) is 43.2 Å². The fraction of sp³-hybridized carbons (Fsp3) is 0.638. The molecule has 2 fully saturated rings. The number of unbranched alkanes of at least 4 members (excludes halogenated alkanes) is 11. The molecule has 1 saturated carbocycles. The van der Waals surface area contributed by atoms with Crippen molar-refractivity contribution in [2.24, 2.45) is 22.9 Å². The van der Waals surface area contributed by atoms with Gasteiger partial charge in [0, 0.05) is 50.6 Å². The normalized spacial score (nSPS) is 24.1. The van der Waals surface area contributed by atoms with Crippen LogP contribution in [0.25, 0.3) is 0 Å². The second-order valence-corrected chi connectivity index (χ2v) is 20.2. The lowest BCUT2D eigenvalue weighted by molar-refractivity contribution is -0.256. The molecule has 15 heteroatoms. The number of aliphatic hydroxyl groups is 2. The Kier molecular flexibility index (Phi) is 22.2. The van der Waals surface area contributed by atoms with Crippen molar-refractivity contribution >= 4 is 17.9 Å². The van der Waals surface area contributed by atoms with Crippen molar-refractivity contribution in [1.82, 2.24) is 10.2 Å². The molecule has 1 unspecified atom stereocenters. The molecule has 0 spiro atoms. The highest BCUT2D eigenvalue weighted by Gasteiger charge is 2.66. The maximum atomic E-state index is 14.9. The van der Waals surface area contributed by atoms with Gasteiger partial charge in [-0.1, -0.05) is 107 Å². The second-order valence-electron chi connectivity index (χ2n) is 20.2. The molecule has 0 bridgehead atoms. The SMILES string of the molecule is C=CCCOC(=O)N(Cc1ccc2c(c1)OCO2)[C@H]1CC(=NOC2CCCCO2)C2=C[C@H](CCCCO)[C@@H](CCCCO)[C@@H]3c4cc(OC(=O)NCCCCCCCCCCCC)ccc4O[C@@]1(OCC=C)[C@H]23. The van der Waals surface area contributed by atoms with E-state index in [0.29, 0.717) is 67.5 Å². The zero-order chi connectivity index (χ0) is 51.3. The van der Waals surface area contributed by atoms with Gasteiger partial charge < -0.3 is 53.5 Å². The largest absolute Gasteiger partial charge is 0.459 e. The van der Waals surface area contributed by atoms with Crippen molar-refractivity contribution in [3.63, 3.8) is 0 Å². The Labute approximate surface area is 433 Å². The second kappa shape index (κ2) is 29.1. The van der Waals surface area contributed by atoms with Crippen molar-refractivity contribution < 1.29 is 57.8 Å². The number of rotatable bonds is 31. The van der Waals surface area contributed by atoms with E-state index in [9.17, 15) is 19.8 Å². The molecular weight excluding hydrogens is 931 g/mol. The molecule has 3 N–H and O–H groups in total. The van der Waals surface area contributed by atoms with Crippen LogP contribution in [0.2, 0.25) is 0 Å². The molecule has 0 aromatic heterocycles. The summed E-state index contributed by atoms with van der Waals surface area (Å²) >= 11 is 0. The molecule has 402 valence electrons. The Morgan fingerprint density at radius 1 is 0.877 bits per heavy atom. The lowest BCUT2D eigenvalue weighted by atomic mass is 9.55. The van der Waals surface area contributed by atoms with Crippen LogP contribution in [-0.2, 0) is 25.6 Å². The summed E-state index contributed by atoms with van der Waals surface area (Å²) in [5.41, 5.74) is 3.11. The van der Waals surface area contributed by atoms with E-state index in [2.05, 4.69) is 31.5 Å². The van der Waals surface area contributed by atoms with Gasteiger partial charge in [0.2, 0.25) is 18.9 Å². The van der Waals surface area contributed by atoms with Gasteiger partial charge in [0.25, 0.3) is 0 Å². The predicted molar refractivity (Wildman–Crippen MR) is 280 cm³/mol. The van der Waals surface area contributed by atoms with Crippen LogP contribution in [0.4, 0.5) is 9.59 Å². The van der Waals surface area contributed by atoms with Gasteiger partial charge in [-0.2, -0.15) is 0 Å². The minimum absolute atomic E-state index is 0.000219. The average Bonchev–Trinajstić information content (AvgIpc) is 3.88. The van der Waals surface area contributed by atoms with Crippen LogP contribution in [-0.4, -0.2) is 97.5 Å². The number of carbonyl (C=O) groups is 2. The third-order valence-corrected chi connectivity index (χ3v) is 15.0. The van der Waals surface area contributed by atoms with Crippen molar-refractivity contribution in [3.05, 3.63) is 84.5 Å². The first-order valence-corrected chi connectivity index (χ1v) is 27.6. The number of oxime groups is 1. The monoisotopic (exact) mass is 1010 g/mol. The first-order valence-electron chi connectivity index (χ1n) is 27.6. The number of carbonyl (C=O) groups excluding carboxylic acids is 2. The van der Waals surface area contributed by atoms with Gasteiger partial charge >= 0.3 is 12.2 Å². The van der Waals surface area contributed by atoms with Crippen molar-refractivity contribution in [1.29, 1.82) is 0 Å². The number of benzene rings is 2. The van der Waals surface area contributed by atoms with Crippen LogP contribution in [0.3, 0.4) is 0 Å². The Morgan fingerprint density at radius 2 is 1.63 bits per heavy atom. The van der Waals surface area contributed by atoms with Crippen LogP contribution in [0.1, 0.15) is 159 Å². The van der Waals surface area contributed by atoms with Gasteiger partial charge in [0.05, 0.1) is 31.5 Å². The first kappa shape index (κ1) is 55.7. The van der Waals surface area contributed by atoms with E-state index in [1.165, 1.54) is 44.9 Å². The number of amides is 2. The number of allylic oxidation sites excluding steroid dienone is 1. The molecule has 0 radical (unpaired) electrons. The van der Waals surface area contributed by atoms with Crippen LogP contribution in [0.15, 0.2) is 78.5 Å². The number of hydrogen-bond donors (Lipinski definition) is 3. The van der Waals surface area contributed by atoms with Crippen LogP contribution in [0.5, 0.6) is 23.0 Å². The summed E-state index contributed by atoms with van der Waals surface area (Å²) in [6.45, 7) is 11.8. The molecule has 7 atom stereocenters. The number of aliphatic hydroxyl groups excluding tert-OH is 2. The van der Waals surface area contributed by atoms with E-state index in [1.807, 2.05) is 30.3 Å². The summed E-state index contributed by atoms with van der Waals surface area (Å²) in [5.74, 6) is -0.429. The van der Waals surface area contributed by atoms with Gasteiger partial charge in [-0.25, -0.2) is 9.59 Å². The zero-order valence-corrected chi connectivity index (χ0v) is 43.5. The fourth-order valence-corrected chi connectivity index (χ4v) is 11.4. The molecule has 1 saturated heterocycles. The van der Waals surface area contributed by atoms with Crippen LogP contribution in [0, 0.1) is 17.8 Å². The van der Waals surface area contributed by atoms with Crippen molar-refractivity contribution in [2.45, 2.75) is 172 Å². The fourth-order valence-electron chi connectivity index (χ4n) is 11.4. The molecule has 2 aromatic rings. The Bertz CT molecular complexity index is 2140. The molecule has 15 nitrogen and oxygen atoms in total. The smallest absolute Gasteiger partial charge is 0.412 e. The Balaban J connectivity index is 1.29. The van der Waals surface area contributed by atoms with E-state index in [1.54, 1.807) is 23.1 Å². The van der Waals surface area contributed by atoms with E-state index >= 15 is 0 Å². The average molecular weight is 1010 g/mol. The summed E-state index contributed by atoms with van der Waals surface area (Å²) < 4.78 is 44.2. The number of hydrogen-bond acceptors (Lipinski definition) is 13. The highest BCUT2D eigenvalue weighted by molar-refractivity contribution is 6.03. The van der Waals surface area contributed by atoms with E-state index < -0.39 is 36.2 Å². The number of nitrogens with one attached hydrogen (secondary N) is 1. The molecule has 2 aromatic carbocycles. The first-order chi connectivity index (χ1) is 35.8. The molecule has 3 aliphatic heterocycles. The van der Waals surface area contributed by atoms with Gasteiger partial charge in [-0.15, -0.1) is 13.2 Å². The quantitative estimate of drug-likeness (QED) is 0.0371. The van der Waals surface area contributed by atoms with Gasteiger partial charge in [0.1, 0.15) is 17.5 Å². The number of ether oxygens (including phenoxy) is 7. The highest BCUT2D eigenvalue weighted by Crippen LogP contribution is 2.62. The van der Waals surface area contributed by atoms with Crippen molar-refractivity contribution in [3.8, 4) is 23.0 Å². The molecule has 2 aliphatic carbocycles. The summed E-state index contributed by atoms with van der Waals surface area (Å²) in [6, 6.07) is 10.3. The molecule has 2 amide bonds. The maximum absolute atomic E-state index is 14.9. The summed E-state index contributed by atoms with van der Waals surface area (Å²) in [5, 5.41) is 28.1. The summed E-state index contributed by atoms with van der Waals surface area (Å²) in [6.07, 6.45) is 23.6. The topological polar surface area (TPSA) is 176 Å². The zero-order valence-electron chi connectivity index (χ0n) is 43.5. The van der Waals surface area contributed by atoms with E-state index in [-0.39, 0.29) is 63.9 Å². The van der Waals surface area contributed by atoms with Gasteiger partial charge in [0.15, 0.2) is 11.5 Å². The highest BCUT2D eigenvalue weighted by atomic mass is 16.8. The summed E-state index contributed by atoms with van der Waals surface area (Å²) in [4.78, 5) is 36.4. The molecule has 73 heavy (non-hydrogen) atoms. The third-order valence-electron chi connectivity index (χ3n) is 15.0. The lowest BCUT2D eigenvalue weighted by Crippen LogP contribution is -2.70. The molecule has 5 aliphatic rings. The van der Waals surface area contributed by atoms with Crippen LogP contribution < -0.4 is 24.3 Å². The molecule has 7 rings (SSSR count). The van der Waals surface area contributed by atoms with E-state index in [0.717, 1.165) is 74.5 Å². The minimum atomic E-state index is -1.55. The van der Waals surface area contributed by atoms with Crippen LogP contribution >= 0.6 is 0 Å². The molecular formula is C58H83N3O12. The standard InChI is InChI=1S/C58H83N3O12/c1-4-7-9-10-11-12-13-14-15-19-30-59-56(64)71-44-27-29-49-47(38-44)54-45(24-17-21-32-63)43(23-16-20-31-62)37-46-48(60-73-53-25-18-22-35-66-53)39-52(58(72-49,55(46)54)70-33-6-3)61(57(65)67-34-8-5-2)40-42-26-28-50-51(36-42)69-41-68-50/h5-6,26-29,36-38,43,45,52-55,62-63H,2-4,7-25,30-35,39-41H2,1H3,(H,59,64)/t43-,45+,52-,53?,54+,55+,58+/m0/s1. The Morgan fingerprint density at radius 3 is 2.37 bits per heavy atom. The predicted octanol–water partition coefficient (Wildman–Crippen LogP) is 11.8. The number of fused-ring (bicyclic) bond motifs is 3. The third kappa shape index (κ3) is 14.8. The van der Waals surface area contributed by atoms with Gasteiger partial charge in [-0.05, 0) is 105 Å². The van der Waals surface area contributed by atoms with Crippen molar-refractivity contribution in [2.75, 3.05) is 46.4 Å². The summed E-state index contributed by atoms with van der Waals surface area (Å²) in [7, 11) is 0.